The minimum atomic E-state index is 0. The summed E-state index contributed by atoms with van der Waals surface area (Å²) in [7, 11) is 5.64. The molecule has 0 atom stereocenters. The third kappa shape index (κ3) is 5.88. The Balaban J connectivity index is 0.00000320. The lowest BCUT2D eigenvalue weighted by atomic mass is 9.74. The van der Waals surface area contributed by atoms with Gasteiger partial charge in [-0.3, -0.25) is 4.99 Å². The molecule has 0 spiro atoms. The van der Waals surface area contributed by atoms with E-state index in [0.29, 0.717) is 0 Å². The first-order chi connectivity index (χ1) is 14.1. The van der Waals surface area contributed by atoms with Crippen LogP contribution in [0.15, 0.2) is 53.5 Å². The van der Waals surface area contributed by atoms with Crippen molar-refractivity contribution in [1.29, 1.82) is 0 Å². The van der Waals surface area contributed by atoms with Crippen LogP contribution in [-0.4, -0.2) is 51.8 Å². The van der Waals surface area contributed by atoms with Crippen molar-refractivity contribution in [1.82, 2.24) is 10.2 Å². The number of aliphatic imine (C=N–C) groups is 1. The highest BCUT2D eigenvalue weighted by molar-refractivity contribution is 14.0. The van der Waals surface area contributed by atoms with Gasteiger partial charge in [0, 0.05) is 45.8 Å². The van der Waals surface area contributed by atoms with Crippen molar-refractivity contribution in [3.05, 3.63) is 65.2 Å². The van der Waals surface area contributed by atoms with E-state index in [1.165, 1.54) is 16.7 Å². The second-order valence-corrected chi connectivity index (χ2v) is 7.80. The smallest absolute Gasteiger partial charge is 0.193 e. The summed E-state index contributed by atoms with van der Waals surface area (Å²) in [5.41, 5.74) is 3.97. The van der Waals surface area contributed by atoms with E-state index in [1.807, 2.05) is 19.2 Å². The summed E-state index contributed by atoms with van der Waals surface area (Å²) in [5, 5.41) is 3.64. The number of hydrogen-bond donors (Lipinski definition) is 1. The Morgan fingerprint density at radius 3 is 2.40 bits per heavy atom. The molecular weight excluding hydrogens is 489 g/mol. The van der Waals surface area contributed by atoms with Crippen molar-refractivity contribution >= 4 is 29.9 Å². The molecule has 1 aliphatic heterocycles. The Kier molecular flexibility index (Phi) is 9.42. The average molecular weight is 523 g/mol. The Morgan fingerprint density at radius 2 is 1.80 bits per heavy atom. The number of nitrogens with one attached hydrogen (secondary N) is 1. The third-order valence-corrected chi connectivity index (χ3v) is 5.98. The van der Waals surface area contributed by atoms with Crippen molar-refractivity contribution in [2.45, 2.75) is 31.7 Å². The van der Waals surface area contributed by atoms with Gasteiger partial charge >= 0.3 is 0 Å². The second kappa shape index (κ2) is 11.6. The minimum Gasteiger partial charge on any atom is -0.497 e. The van der Waals surface area contributed by atoms with Gasteiger partial charge in [-0.15, -0.1) is 24.0 Å². The number of aryl methyl sites for hydroxylation is 1. The lowest BCUT2D eigenvalue weighted by Crippen LogP contribution is -2.48. The molecule has 0 saturated carbocycles. The number of halogens is 1. The van der Waals surface area contributed by atoms with Crippen LogP contribution >= 0.6 is 24.0 Å². The van der Waals surface area contributed by atoms with Crippen LogP contribution in [-0.2, 0) is 16.7 Å². The van der Waals surface area contributed by atoms with E-state index < -0.39 is 0 Å². The van der Waals surface area contributed by atoms with Gasteiger partial charge < -0.3 is 19.7 Å². The predicted molar refractivity (Wildman–Crippen MR) is 134 cm³/mol. The van der Waals surface area contributed by atoms with E-state index in [0.717, 1.165) is 50.9 Å². The van der Waals surface area contributed by atoms with Gasteiger partial charge in [-0.05, 0) is 48.6 Å². The fourth-order valence-electron chi connectivity index (χ4n) is 4.03. The molecule has 0 aliphatic carbocycles. The molecule has 3 rings (SSSR count). The van der Waals surface area contributed by atoms with Crippen LogP contribution < -0.4 is 10.1 Å². The molecule has 0 radical (unpaired) electrons. The van der Waals surface area contributed by atoms with Crippen LogP contribution in [0.1, 0.15) is 29.5 Å². The monoisotopic (exact) mass is 523 g/mol. The molecule has 30 heavy (non-hydrogen) atoms. The minimum absolute atomic E-state index is 0. The Morgan fingerprint density at radius 1 is 1.13 bits per heavy atom. The molecule has 2 aromatic rings. The zero-order valence-corrected chi connectivity index (χ0v) is 20.8. The number of hydrogen-bond acceptors (Lipinski definition) is 3. The zero-order valence-electron chi connectivity index (χ0n) is 18.5. The van der Waals surface area contributed by atoms with E-state index in [1.54, 1.807) is 7.11 Å². The highest BCUT2D eigenvalue weighted by Gasteiger charge is 2.35. The van der Waals surface area contributed by atoms with Crippen molar-refractivity contribution in [3.8, 4) is 5.75 Å². The summed E-state index contributed by atoms with van der Waals surface area (Å²) >= 11 is 0. The topological polar surface area (TPSA) is 46.1 Å². The summed E-state index contributed by atoms with van der Waals surface area (Å²) in [6.07, 6.45) is 1.98. The maximum atomic E-state index is 5.67. The summed E-state index contributed by atoms with van der Waals surface area (Å²) in [5.74, 6) is 1.80. The van der Waals surface area contributed by atoms with Gasteiger partial charge in [0.15, 0.2) is 5.96 Å². The van der Waals surface area contributed by atoms with Gasteiger partial charge in [-0.2, -0.15) is 0 Å². The standard InChI is InChI=1S/C24H33N3O2.HI/c1-19-7-5-6-8-20(19)17-27(3)23(25-2)26-18-24(13-15-29-16-14-24)21-9-11-22(28-4)12-10-21;/h5-12H,13-18H2,1-4H3,(H,25,26);1H. The number of nitrogens with zero attached hydrogens (tertiary/aromatic N) is 2. The molecule has 0 amide bonds. The molecule has 164 valence electrons. The molecule has 5 nitrogen and oxygen atoms in total. The van der Waals surface area contributed by atoms with E-state index in [-0.39, 0.29) is 29.4 Å². The van der Waals surface area contributed by atoms with Crippen molar-refractivity contribution < 1.29 is 9.47 Å². The Hall–Kier alpha value is -1.80. The van der Waals surface area contributed by atoms with Crippen LogP contribution in [0, 0.1) is 6.92 Å². The van der Waals surface area contributed by atoms with Crippen LogP contribution in [0.25, 0.3) is 0 Å². The van der Waals surface area contributed by atoms with Crippen molar-refractivity contribution in [3.63, 3.8) is 0 Å². The molecule has 1 N–H and O–H groups in total. The van der Waals surface area contributed by atoms with Gasteiger partial charge in [0.05, 0.1) is 7.11 Å². The van der Waals surface area contributed by atoms with Crippen molar-refractivity contribution in [2.24, 2.45) is 4.99 Å². The first-order valence-corrected chi connectivity index (χ1v) is 10.3. The first kappa shape index (κ1) is 24.5. The highest BCUT2D eigenvalue weighted by atomic mass is 127. The quantitative estimate of drug-likeness (QED) is 0.347. The predicted octanol–water partition coefficient (Wildman–Crippen LogP) is 4.38. The van der Waals surface area contributed by atoms with E-state index >= 15 is 0 Å². The lowest BCUT2D eigenvalue weighted by Gasteiger charge is -2.39. The number of methoxy groups -OCH3 is 1. The van der Waals surface area contributed by atoms with Gasteiger partial charge in [0.2, 0.25) is 0 Å². The molecule has 1 saturated heterocycles. The van der Waals surface area contributed by atoms with Gasteiger partial charge in [0.25, 0.3) is 0 Å². The Labute approximate surface area is 197 Å². The van der Waals surface area contributed by atoms with Crippen molar-refractivity contribution in [2.75, 3.05) is 41.0 Å². The van der Waals surface area contributed by atoms with Gasteiger partial charge in [0.1, 0.15) is 5.75 Å². The van der Waals surface area contributed by atoms with Crippen LogP contribution in [0.3, 0.4) is 0 Å². The van der Waals surface area contributed by atoms with Crippen LogP contribution in [0.2, 0.25) is 0 Å². The lowest BCUT2D eigenvalue weighted by molar-refractivity contribution is 0.0512. The molecule has 0 unspecified atom stereocenters. The normalized spacial score (nSPS) is 15.8. The zero-order chi connectivity index (χ0) is 20.7. The Bertz CT molecular complexity index is 817. The number of rotatable bonds is 6. The third-order valence-electron chi connectivity index (χ3n) is 5.98. The number of ether oxygens (including phenoxy) is 2. The maximum absolute atomic E-state index is 5.67. The first-order valence-electron chi connectivity index (χ1n) is 10.3. The largest absolute Gasteiger partial charge is 0.497 e. The second-order valence-electron chi connectivity index (χ2n) is 7.80. The molecule has 6 heteroatoms. The van der Waals surface area contributed by atoms with E-state index in [4.69, 9.17) is 9.47 Å². The summed E-state index contributed by atoms with van der Waals surface area (Å²) in [4.78, 5) is 6.71. The van der Waals surface area contributed by atoms with Crippen LogP contribution in [0.5, 0.6) is 5.75 Å². The molecular formula is C24H34IN3O2. The summed E-state index contributed by atoms with van der Waals surface area (Å²) in [6, 6.07) is 17.0. The summed E-state index contributed by atoms with van der Waals surface area (Å²) < 4.78 is 11.0. The molecule has 0 bridgehead atoms. The maximum Gasteiger partial charge on any atom is 0.193 e. The van der Waals surface area contributed by atoms with E-state index in [2.05, 4.69) is 65.6 Å². The molecule has 1 fully saturated rings. The summed E-state index contributed by atoms with van der Waals surface area (Å²) in [6.45, 7) is 5.37. The highest BCUT2D eigenvalue weighted by Crippen LogP contribution is 2.35. The van der Waals surface area contributed by atoms with Gasteiger partial charge in [-0.1, -0.05) is 36.4 Å². The SMILES string of the molecule is CN=C(NCC1(c2ccc(OC)cc2)CCOCC1)N(C)Cc1ccccc1C.I. The fraction of sp³-hybridized carbons (Fsp3) is 0.458. The molecule has 1 aliphatic rings. The number of benzene rings is 2. The fourth-order valence-corrected chi connectivity index (χ4v) is 4.03. The molecule has 0 aromatic heterocycles. The van der Waals surface area contributed by atoms with E-state index in [9.17, 15) is 0 Å². The average Bonchev–Trinajstić information content (AvgIpc) is 2.76. The molecule has 2 aromatic carbocycles. The number of guanidine groups is 1. The molecule has 1 heterocycles. The van der Waals surface area contributed by atoms with Gasteiger partial charge in [-0.25, -0.2) is 0 Å². The van der Waals surface area contributed by atoms with Crippen LogP contribution in [0.4, 0.5) is 0 Å².